The molecule has 0 amide bonds. The van der Waals surface area contributed by atoms with Gasteiger partial charge in [-0.25, -0.2) is 13.1 Å². The van der Waals surface area contributed by atoms with Crippen LogP contribution in [0.4, 0.5) is 0 Å². The fraction of sp³-hybridized carbons (Fsp3) is 0.625. The van der Waals surface area contributed by atoms with Crippen LogP contribution in [0.3, 0.4) is 0 Å². The monoisotopic (exact) mass is 378 g/mol. The lowest BCUT2D eigenvalue weighted by Gasteiger charge is -2.22. The number of halogens is 1. The smallest absolute Gasteiger partial charge is 0.240 e. The van der Waals surface area contributed by atoms with Crippen LogP contribution in [-0.2, 0) is 10.0 Å². The minimum absolute atomic E-state index is 0. The Balaban J connectivity index is 0.00000288. The molecule has 24 heavy (non-hydrogen) atoms. The molecule has 1 heterocycles. The zero-order valence-electron chi connectivity index (χ0n) is 14.4. The molecule has 1 fully saturated rings. The summed E-state index contributed by atoms with van der Waals surface area (Å²) >= 11 is 0. The summed E-state index contributed by atoms with van der Waals surface area (Å²) in [6.07, 6.45) is 3.16. The molecule has 0 spiro atoms. The Morgan fingerprint density at radius 2 is 1.92 bits per heavy atom. The Kier molecular flexibility index (Phi) is 8.29. The van der Waals surface area contributed by atoms with Gasteiger partial charge in [0.2, 0.25) is 10.0 Å². The quantitative estimate of drug-likeness (QED) is 0.759. The van der Waals surface area contributed by atoms with Gasteiger partial charge in [0.15, 0.2) is 11.5 Å². The maximum atomic E-state index is 12.5. The van der Waals surface area contributed by atoms with Crippen molar-refractivity contribution in [3.8, 4) is 11.5 Å². The van der Waals surface area contributed by atoms with Crippen molar-refractivity contribution in [1.29, 1.82) is 0 Å². The summed E-state index contributed by atoms with van der Waals surface area (Å²) in [4.78, 5) is 0.233. The Bertz CT molecular complexity index is 631. The van der Waals surface area contributed by atoms with Gasteiger partial charge in [0.05, 0.1) is 19.1 Å². The van der Waals surface area contributed by atoms with Gasteiger partial charge in [-0.2, -0.15) is 0 Å². The number of hydrogen-bond donors (Lipinski definition) is 2. The van der Waals surface area contributed by atoms with E-state index in [0.717, 1.165) is 32.4 Å². The number of nitrogens with one attached hydrogen (secondary N) is 2. The van der Waals surface area contributed by atoms with Crippen molar-refractivity contribution in [3.63, 3.8) is 0 Å². The molecule has 0 aromatic heterocycles. The Hall–Kier alpha value is -1.02. The number of aryl methyl sites for hydroxylation is 1. The highest BCUT2D eigenvalue weighted by Crippen LogP contribution is 2.32. The van der Waals surface area contributed by atoms with E-state index in [1.54, 1.807) is 13.0 Å². The van der Waals surface area contributed by atoms with Crippen molar-refractivity contribution >= 4 is 22.4 Å². The van der Waals surface area contributed by atoms with E-state index in [-0.39, 0.29) is 17.3 Å². The largest absolute Gasteiger partial charge is 0.493 e. The molecule has 0 radical (unpaired) electrons. The number of methoxy groups -OCH3 is 2. The van der Waals surface area contributed by atoms with Crippen LogP contribution in [-0.4, -0.2) is 42.3 Å². The highest BCUT2D eigenvalue weighted by atomic mass is 35.5. The zero-order valence-corrected chi connectivity index (χ0v) is 16.1. The maximum absolute atomic E-state index is 12.5. The van der Waals surface area contributed by atoms with Gasteiger partial charge in [-0.15, -0.1) is 12.4 Å². The first-order valence-electron chi connectivity index (χ1n) is 7.91. The number of ether oxygens (including phenoxy) is 2. The van der Waals surface area contributed by atoms with E-state index < -0.39 is 10.0 Å². The number of piperidine rings is 1. The lowest BCUT2D eigenvalue weighted by Crippen LogP contribution is -2.33. The van der Waals surface area contributed by atoms with E-state index >= 15 is 0 Å². The summed E-state index contributed by atoms with van der Waals surface area (Å²) in [7, 11) is -0.532. The van der Waals surface area contributed by atoms with Gasteiger partial charge in [0.1, 0.15) is 0 Å². The van der Waals surface area contributed by atoms with Gasteiger partial charge in [-0.05, 0) is 56.8 Å². The second-order valence-electron chi connectivity index (χ2n) is 5.87. The van der Waals surface area contributed by atoms with Crippen molar-refractivity contribution in [2.45, 2.75) is 31.1 Å². The molecule has 2 rings (SSSR count). The molecular weight excluding hydrogens is 352 g/mol. The van der Waals surface area contributed by atoms with Crippen LogP contribution in [0.25, 0.3) is 0 Å². The SMILES string of the molecule is COc1cc(C)c(S(=O)(=O)NCCC2CCCNC2)cc1OC.Cl. The predicted molar refractivity (Wildman–Crippen MR) is 96.9 cm³/mol. The molecule has 1 aliphatic rings. The first-order valence-corrected chi connectivity index (χ1v) is 9.39. The summed E-state index contributed by atoms with van der Waals surface area (Å²) < 4.78 is 38.2. The molecule has 0 bridgehead atoms. The van der Waals surface area contributed by atoms with Crippen molar-refractivity contribution in [2.75, 3.05) is 33.9 Å². The average molecular weight is 379 g/mol. The van der Waals surface area contributed by atoms with E-state index in [9.17, 15) is 8.42 Å². The Morgan fingerprint density at radius 3 is 2.50 bits per heavy atom. The van der Waals surface area contributed by atoms with Gasteiger partial charge in [0, 0.05) is 12.6 Å². The topological polar surface area (TPSA) is 76.7 Å². The zero-order chi connectivity index (χ0) is 16.9. The highest BCUT2D eigenvalue weighted by Gasteiger charge is 2.21. The number of benzene rings is 1. The predicted octanol–water partition coefficient (Wildman–Crippen LogP) is 2.10. The highest BCUT2D eigenvalue weighted by molar-refractivity contribution is 7.89. The van der Waals surface area contributed by atoms with Gasteiger partial charge in [-0.1, -0.05) is 0 Å². The van der Waals surface area contributed by atoms with Crippen LogP contribution in [0.5, 0.6) is 11.5 Å². The number of rotatable bonds is 7. The molecule has 1 aliphatic heterocycles. The van der Waals surface area contributed by atoms with Gasteiger partial charge in [-0.3, -0.25) is 0 Å². The van der Waals surface area contributed by atoms with Crippen molar-refractivity contribution < 1.29 is 17.9 Å². The average Bonchev–Trinajstić information content (AvgIpc) is 2.55. The molecule has 8 heteroatoms. The lowest BCUT2D eigenvalue weighted by molar-refractivity contribution is 0.353. The fourth-order valence-electron chi connectivity index (χ4n) is 2.90. The van der Waals surface area contributed by atoms with E-state index in [4.69, 9.17) is 9.47 Å². The molecule has 1 atom stereocenters. The minimum atomic E-state index is -3.56. The maximum Gasteiger partial charge on any atom is 0.240 e. The molecule has 2 N–H and O–H groups in total. The number of hydrogen-bond acceptors (Lipinski definition) is 5. The number of sulfonamides is 1. The third-order valence-corrected chi connectivity index (χ3v) is 5.82. The molecule has 6 nitrogen and oxygen atoms in total. The molecule has 0 saturated carbocycles. The van der Waals surface area contributed by atoms with E-state index in [1.165, 1.54) is 20.3 Å². The van der Waals surface area contributed by atoms with Crippen LogP contribution >= 0.6 is 12.4 Å². The van der Waals surface area contributed by atoms with Crippen LogP contribution < -0.4 is 19.5 Å². The standard InChI is InChI=1S/C16H26N2O4S.ClH/c1-12-9-14(21-2)15(22-3)10-16(12)23(19,20)18-8-6-13-5-4-7-17-11-13;/h9-10,13,17-18H,4-8,11H2,1-3H3;1H. The summed E-state index contributed by atoms with van der Waals surface area (Å²) in [5, 5.41) is 3.34. The van der Waals surface area contributed by atoms with Crippen LogP contribution in [0.1, 0.15) is 24.8 Å². The van der Waals surface area contributed by atoms with Crippen molar-refractivity contribution in [3.05, 3.63) is 17.7 Å². The molecule has 1 aromatic carbocycles. The first kappa shape index (κ1) is 21.0. The van der Waals surface area contributed by atoms with Crippen molar-refractivity contribution in [1.82, 2.24) is 10.0 Å². The van der Waals surface area contributed by atoms with Crippen LogP contribution in [0, 0.1) is 12.8 Å². The van der Waals surface area contributed by atoms with Crippen LogP contribution in [0.2, 0.25) is 0 Å². The second-order valence-corrected chi connectivity index (χ2v) is 7.61. The van der Waals surface area contributed by atoms with Gasteiger partial charge >= 0.3 is 0 Å². The van der Waals surface area contributed by atoms with E-state index in [0.29, 0.717) is 29.5 Å². The molecule has 0 aliphatic carbocycles. The summed E-state index contributed by atoms with van der Waals surface area (Å²) in [5.74, 6) is 1.48. The lowest BCUT2D eigenvalue weighted by atomic mass is 9.96. The molecule has 1 aromatic rings. The molecule has 1 saturated heterocycles. The van der Waals surface area contributed by atoms with Gasteiger partial charge in [0.25, 0.3) is 0 Å². The van der Waals surface area contributed by atoms with E-state index in [2.05, 4.69) is 10.0 Å². The molecule has 1 unspecified atom stereocenters. The van der Waals surface area contributed by atoms with Gasteiger partial charge < -0.3 is 14.8 Å². The third kappa shape index (κ3) is 5.24. The first-order chi connectivity index (χ1) is 11.0. The summed E-state index contributed by atoms with van der Waals surface area (Å²) in [6.45, 7) is 4.23. The normalized spacial score (nSPS) is 17.9. The van der Waals surface area contributed by atoms with Crippen LogP contribution in [0.15, 0.2) is 17.0 Å². The van der Waals surface area contributed by atoms with Crippen molar-refractivity contribution in [2.24, 2.45) is 5.92 Å². The second kappa shape index (κ2) is 9.46. The van der Waals surface area contributed by atoms with E-state index in [1.807, 2.05) is 0 Å². The fourth-order valence-corrected chi connectivity index (χ4v) is 4.18. The molecule has 138 valence electrons. The summed E-state index contributed by atoms with van der Waals surface area (Å²) in [6, 6.07) is 3.19. The third-order valence-electron chi connectivity index (χ3n) is 4.21. The minimum Gasteiger partial charge on any atom is -0.493 e. The summed E-state index contributed by atoms with van der Waals surface area (Å²) in [5.41, 5.74) is 0.634. The molecular formula is C16H27ClN2O4S. The Labute approximate surface area is 150 Å². The Morgan fingerprint density at radius 1 is 1.25 bits per heavy atom.